The average molecular weight is 633 g/mol. The maximum absolute atomic E-state index is 13.6. The summed E-state index contributed by atoms with van der Waals surface area (Å²) < 4.78 is 29.2. The smallest absolute Gasteiger partial charge is 0.257 e. The van der Waals surface area contributed by atoms with Gasteiger partial charge in [0.25, 0.3) is 11.8 Å². The Labute approximate surface area is 228 Å². The summed E-state index contributed by atoms with van der Waals surface area (Å²) in [4.78, 5) is 42.5. The number of ether oxygens (including phenoxy) is 1. The van der Waals surface area contributed by atoms with Crippen molar-refractivity contribution >= 4 is 56.0 Å². The number of halogens is 1. The SMILES string of the molecule is COc1ccc(C(=O)N(CCc2ccc(S(N)(=O)=O)cc2)C2CC(=O)N(c3ccc(I)cc3)C2=O)cc1. The van der Waals surface area contributed by atoms with E-state index in [1.54, 1.807) is 60.7 Å². The highest BCUT2D eigenvalue weighted by molar-refractivity contribution is 14.1. The first kappa shape index (κ1) is 26.8. The number of hydrogen-bond donors (Lipinski definition) is 1. The number of hydrogen-bond acceptors (Lipinski definition) is 6. The molecular formula is C26H24IN3O6S. The monoisotopic (exact) mass is 633 g/mol. The van der Waals surface area contributed by atoms with Crippen molar-refractivity contribution < 1.29 is 27.5 Å². The molecule has 4 rings (SSSR count). The Morgan fingerprint density at radius 1 is 1.03 bits per heavy atom. The summed E-state index contributed by atoms with van der Waals surface area (Å²) >= 11 is 2.14. The van der Waals surface area contributed by atoms with Crippen LogP contribution in [-0.2, 0) is 26.0 Å². The summed E-state index contributed by atoms with van der Waals surface area (Å²) in [5.74, 6) is -0.687. The predicted molar refractivity (Wildman–Crippen MR) is 146 cm³/mol. The lowest BCUT2D eigenvalue weighted by Crippen LogP contribution is -2.46. The van der Waals surface area contributed by atoms with Crippen molar-refractivity contribution in [1.82, 2.24) is 4.90 Å². The van der Waals surface area contributed by atoms with Gasteiger partial charge in [0.05, 0.1) is 24.1 Å². The Balaban J connectivity index is 1.62. The molecule has 1 atom stereocenters. The molecule has 3 aromatic carbocycles. The summed E-state index contributed by atoms with van der Waals surface area (Å²) in [6, 6.07) is 18.5. The molecule has 0 radical (unpaired) electrons. The number of methoxy groups -OCH3 is 1. The highest BCUT2D eigenvalue weighted by Gasteiger charge is 2.44. The van der Waals surface area contributed by atoms with Gasteiger partial charge in [-0.1, -0.05) is 12.1 Å². The summed E-state index contributed by atoms with van der Waals surface area (Å²) in [6.45, 7) is 0.129. The van der Waals surface area contributed by atoms with Gasteiger partial charge in [-0.05, 0) is 95.2 Å². The highest BCUT2D eigenvalue weighted by Crippen LogP contribution is 2.28. The molecule has 0 aliphatic carbocycles. The lowest BCUT2D eigenvalue weighted by atomic mass is 10.1. The van der Waals surface area contributed by atoms with E-state index in [2.05, 4.69) is 22.6 Å². The van der Waals surface area contributed by atoms with Crippen molar-refractivity contribution in [3.05, 3.63) is 87.5 Å². The highest BCUT2D eigenvalue weighted by atomic mass is 127. The van der Waals surface area contributed by atoms with E-state index < -0.39 is 27.9 Å². The first-order chi connectivity index (χ1) is 17.6. The number of primary sulfonamides is 1. The number of amides is 3. The minimum absolute atomic E-state index is 0.0212. The zero-order valence-corrected chi connectivity index (χ0v) is 22.8. The number of rotatable bonds is 8. The fraction of sp³-hybridized carbons (Fsp3) is 0.192. The molecule has 1 heterocycles. The Hall–Kier alpha value is -3.29. The Morgan fingerprint density at radius 3 is 2.22 bits per heavy atom. The normalized spacial score (nSPS) is 15.6. The molecule has 1 fully saturated rings. The van der Waals surface area contributed by atoms with Crippen molar-refractivity contribution in [3.8, 4) is 5.75 Å². The van der Waals surface area contributed by atoms with Crippen LogP contribution in [0.1, 0.15) is 22.3 Å². The van der Waals surface area contributed by atoms with Crippen LogP contribution in [0.3, 0.4) is 0 Å². The van der Waals surface area contributed by atoms with Gasteiger partial charge in [0.1, 0.15) is 11.8 Å². The van der Waals surface area contributed by atoms with Gasteiger partial charge in [-0.15, -0.1) is 0 Å². The summed E-state index contributed by atoms with van der Waals surface area (Å²) in [5.41, 5.74) is 1.54. The van der Waals surface area contributed by atoms with E-state index in [0.29, 0.717) is 23.4 Å². The zero-order valence-electron chi connectivity index (χ0n) is 19.8. The van der Waals surface area contributed by atoms with Crippen molar-refractivity contribution in [2.75, 3.05) is 18.6 Å². The minimum atomic E-state index is -3.83. The van der Waals surface area contributed by atoms with Gasteiger partial charge in [-0.2, -0.15) is 0 Å². The van der Waals surface area contributed by atoms with Gasteiger partial charge in [-0.25, -0.2) is 18.5 Å². The number of carbonyl (C=O) groups excluding carboxylic acids is 3. The molecule has 0 spiro atoms. The Kier molecular flexibility index (Phi) is 7.95. The molecule has 9 nitrogen and oxygen atoms in total. The second kappa shape index (κ2) is 11.0. The minimum Gasteiger partial charge on any atom is -0.497 e. The molecule has 0 aromatic heterocycles. The Morgan fingerprint density at radius 2 is 1.65 bits per heavy atom. The molecule has 2 N–H and O–H groups in total. The van der Waals surface area contributed by atoms with Crippen molar-refractivity contribution in [1.29, 1.82) is 0 Å². The molecule has 3 amide bonds. The zero-order chi connectivity index (χ0) is 26.7. The molecule has 37 heavy (non-hydrogen) atoms. The summed E-state index contributed by atoms with van der Waals surface area (Å²) in [6.07, 6.45) is 0.186. The molecule has 1 unspecified atom stereocenters. The maximum atomic E-state index is 13.6. The van der Waals surface area contributed by atoms with Crippen LogP contribution in [0.2, 0.25) is 0 Å². The maximum Gasteiger partial charge on any atom is 0.257 e. The fourth-order valence-corrected chi connectivity index (χ4v) is 4.99. The van der Waals surface area contributed by atoms with Gasteiger partial charge in [-0.3, -0.25) is 14.4 Å². The predicted octanol–water partition coefficient (Wildman–Crippen LogP) is 2.96. The molecule has 1 saturated heterocycles. The number of carbonyl (C=O) groups is 3. The van der Waals surface area contributed by atoms with Crippen molar-refractivity contribution in [3.63, 3.8) is 0 Å². The van der Waals surface area contributed by atoms with Crippen LogP contribution in [0, 0.1) is 3.57 Å². The van der Waals surface area contributed by atoms with Crippen LogP contribution in [0.4, 0.5) is 5.69 Å². The Bertz CT molecular complexity index is 1420. The molecule has 3 aromatic rings. The third-order valence-electron chi connectivity index (χ3n) is 6.07. The van der Waals surface area contributed by atoms with E-state index in [-0.39, 0.29) is 23.8 Å². The number of nitrogens with zero attached hydrogens (tertiary/aromatic N) is 2. The van der Waals surface area contributed by atoms with Crippen LogP contribution in [-0.4, -0.2) is 50.7 Å². The lowest BCUT2D eigenvalue weighted by molar-refractivity contribution is -0.122. The fourth-order valence-electron chi connectivity index (χ4n) is 4.11. The molecule has 0 saturated carbocycles. The molecular weight excluding hydrogens is 609 g/mol. The van der Waals surface area contributed by atoms with E-state index in [1.165, 1.54) is 24.1 Å². The van der Waals surface area contributed by atoms with E-state index in [9.17, 15) is 22.8 Å². The molecule has 0 bridgehead atoms. The number of sulfonamides is 1. The van der Waals surface area contributed by atoms with Gasteiger partial charge >= 0.3 is 0 Å². The van der Waals surface area contributed by atoms with Crippen LogP contribution in [0.5, 0.6) is 5.75 Å². The molecule has 1 aliphatic heterocycles. The average Bonchev–Trinajstić information content (AvgIpc) is 3.17. The van der Waals surface area contributed by atoms with E-state index in [1.807, 2.05) is 0 Å². The number of imide groups is 1. The summed E-state index contributed by atoms with van der Waals surface area (Å²) in [5, 5.41) is 5.17. The molecule has 11 heteroatoms. The quantitative estimate of drug-likeness (QED) is 0.300. The largest absolute Gasteiger partial charge is 0.497 e. The van der Waals surface area contributed by atoms with Gasteiger partial charge in [0, 0.05) is 15.7 Å². The first-order valence-electron chi connectivity index (χ1n) is 11.3. The summed E-state index contributed by atoms with van der Waals surface area (Å²) in [7, 11) is -2.31. The number of nitrogens with two attached hydrogens (primary N) is 1. The van der Waals surface area contributed by atoms with Gasteiger partial charge in [0.2, 0.25) is 15.9 Å². The van der Waals surface area contributed by atoms with Gasteiger partial charge in [0.15, 0.2) is 0 Å². The van der Waals surface area contributed by atoms with Crippen LogP contribution >= 0.6 is 22.6 Å². The molecule has 192 valence electrons. The van der Waals surface area contributed by atoms with Crippen LogP contribution in [0.15, 0.2) is 77.7 Å². The molecule has 1 aliphatic rings. The third kappa shape index (κ3) is 6.00. The lowest BCUT2D eigenvalue weighted by Gasteiger charge is -2.28. The van der Waals surface area contributed by atoms with Crippen LogP contribution in [0.25, 0.3) is 0 Å². The van der Waals surface area contributed by atoms with Crippen LogP contribution < -0.4 is 14.8 Å². The van der Waals surface area contributed by atoms with Crippen molar-refractivity contribution in [2.45, 2.75) is 23.8 Å². The third-order valence-corrected chi connectivity index (χ3v) is 7.72. The van der Waals surface area contributed by atoms with Crippen molar-refractivity contribution in [2.24, 2.45) is 5.14 Å². The van der Waals surface area contributed by atoms with Gasteiger partial charge < -0.3 is 9.64 Å². The first-order valence-corrected chi connectivity index (χ1v) is 13.9. The number of benzene rings is 3. The second-order valence-corrected chi connectivity index (χ2v) is 11.2. The standard InChI is InChI=1S/C26H24IN3O6S/c1-36-21-10-4-18(5-11-21)25(32)29(15-14-17-2-12-22(13-3-17)37(28,34)35)23-16-24(31)30(26(23)33)20-8-6-19(27)7-9-20/h2-13,23H,14-16H2,1H3,(H2,28,34,35). The topological polar surface area (TPSA) is 127 Å². The van der Waals surface area contributed by atoms with E-state index in [4.69, 9.17) is 9.88 Å². The van der Waals surface area contributed by atoms with E-state index >= 15 is 0 Å². The van der Waals surface area contributed by atoms with E-state index in [0.717, 1.165) is 14.0 Å². The second-order valence-electron chi connectivity index (χ2n) is 8.43. The number of anilines is 1.